The van der Waals surface area contributed by atoms with Gasteiger partial charge in [0, 0.05) is 0 Å². The molecule has 2 atom stereocenters. The van der Waals surface area contributed by atoms with E-state index in [2.05, 4.69) is 13.2 Å². The summed E-state index contributed by atoms with van der Waals surface area (Å²) in [7, 11) is -5.17. The molecule has 0 saturated carbocycles. The van der Waals surface area contributed by atoms with Crippen molar-refractivity contribution in [2.45, 2.75) is 24.5 Å². The summed E-state index contributed by atoms with van der Waals surface area (Å²) in [4.78, 5) is 22.5. The Balaban J connectivity index is 6.20. The van der Waals surface area contributed by atoms with Crippen LogP contribution in [0, 0.1) is 5.92 Å². The maximum atomic E-state index is 11.4. The second kappa shape index (κ2) is 5.98. The van der Waals surface area contributed by atoms with Crippen LogP contribution in [0.5, 0.6) is 0 Å². The predicted molar refractivity (Wildman–Crippen MR) is 67.3 cm³/mol. The van der Waals surface area contributed by atoms with E-state index in [-0.39, 0.29) is 5.57 Å². The van der Waals surface area contributed by atoms with Gasteiger partial charge in [0.25, 0.3) is 10.1 Å². The second-order valence-corrected chi connectivity index (χ2v) is 5.89. The largest absolute Gasteiger partial charge is 0.481 e. The van der Waals surface area contributed by atoms with E-state index in [4.69, 9.17) is 10.2 Å². The van der Waals surface area contributed by atoms with Gasteiger partial charge in [0.15, 0.2) is 0 Å². The molecular weight excluding hydrogens is 276 g/mol. The third-order valence-corrected chi connectivity index (χ3v) is 4.23. The van der Waals surface area contributed by atoms with Gasteiger partial charge >= 0.3 is 11.9 Å². The van der Waals surface area contributed by atoms with Crippen molar-refractivity contribution in [2.75, 3.05) is 0 Å². The molecule has 0 rings (SSSR count). The van der Waals surface area contributed by atoms with Gasteiger partial charge in [0.05, 0.1) is 5.92 Å². The summed E-state index contributed by atoms with van der Waals surface area (Å²) in [6, 6.07) is 0. The van der Waals surface area contributed by atoms with Crippen molar-refractivity contribution in [1.82, 2.24) is 0 Å². The molecule has 108 valence electrons. The van der Waals surface area contributed by atoms with Gasteiger partial charge in [-0.1, -0.05) is 11.6 Å². The molecule has 0 bridgehead atoms. The van der Waals surface area contributed by atoms with Crippen LogP contribution < -0.4 is 0 Å². The average molecular weight is 292 g/mol. The second-order valence-electron chi connectivity index (χ2n) is 4.21. The van der Waals surface area contributed by atoms with E-state index < -0.39 is 45.6 Å². The fourth-order valence-electron chi connectivity index (χ4n) is 1.79. The van der Waals surface area contributed by atoms with Crippen LogP contribution in [0.15, 0.2) is 24.8 Å². The van der Waals surface area contributed by atoms with Gasteiger partial charge in [-0.3, -0.25) is 14.1 Å². The number of carboxylic acids is 2. The van der Waals surface area contributed by atoms with Crippen LogP contribution in [0.1, 0.15) is 19.8 Å². The smallest absolute Gasteiger partial charge is 0.328 e. The van der Waals surface area contributed by atoms with Crippen molar-refractivity contribution in [3.63, 3.8) is 0 Å². The van der Waals surface area contributed by atoms with Crippen LogP contribution in [0.25, 0.3) is 0 Å². The first kappa shape index (κ1) is 17.3. The first-order valence-corrected chi connectivity index (χ1v) is 6.63. The first-order valence-electron chi connectivity index (χ1n) is 5.19. The number of hydrogen-bond acceptors (Lipinski definition) is 4. The number of carboxylic acid groups (broad SMARTS) is 2. The monoisotopic (exact) mass is 292 g/mol. The predicted octanol–water partition coefficient (Wildman–Crippen LogP) is 0.941. The number of rotatable bonds is 8. The molecule has 8 heteroatoms. The quantitative estimate of drug-likeness (QED) is 0.448. The molecule has 3 N–H and O–H groups in total. The molecule has 0 aliphatic carbocycles. The maximum Gasteiger partial charge on any atom is 0.328 e. The molecule has 0 aliphatic rings. The van der Waals surface area contributed by atoms with Crippen molar-refractivity contribution in [2.24, 2.45) is 5.92 Å². The number of carbonyl (C=O) groups is 2. The molecule has 0 saturated heterocycles. The molecule has 0 spiro atoms. The summed E-state index contributed by atoms with van der Waals surface area (Å²) in [6.07, 6.45) is -0.184. The van der Waals surface area contributed by atoms with Gasteiger partial charge in [-0.25, -0.2) is 0 Å². The molecular formula is C11H16O7S. The van der Waals surface area contributed by atoms with Gasteiger partial charge in [0.1, 0.15) is 0 Å². The van der Waals surface area contributed by atoms with Crippen molar-refractivity contribution >= 4 is 22.1 Å². The Hall–Kier alpha value is -1.67. The van der Waals surface area contributed by atoms with Gasteiger partial charge in [-0.05, 0) is 19.8 Å². The van der Waals surface area contributed by atoms with Crippen LogP contribution in [0.3, 0.4) is 0 Å². The molecule has 0 aliphatic heterocycles. The highest BCUT2D eigenvalue weighted by molar-refractivity contribution is 7.88. The Kier molecular flexibility index (Phi) is 5.46. The van der Waals surface area contributed by atoms with E-state index in [0.717, 1.165) is 6.08 Å². The minimum absolute atomic E-state index is 0.283. The lowest BCUT2D eigenvalue weighted by Crippen LogP contribution is -2.54. The highest BCUT2D eigenvalue weighted by Gasteiger charge is 2.58. The van der Waals surface area contributed by atoms with Crippen molar-refractivity contribution in [1.29, 1.82) is 0 Å². The zero-order chi connectivity index (χ0) is 15.4. The summed E-state index contributed by atoms with van der Waals surface area (Å²) in [6.45, 7) is 8.07. The van der Waals surface area contributed by atoms with Crippen molar-refractivity contribution < 1.29 is 32.8 Å². The normalized spacial score (nSPS) is 16.1. The zero-order valence-electron chi connectivity index (χ0n) is 10.4. The van der Waals surface area contributed by atoms with E-state index >= 15 is 0 Å². The molecule has 0 aromatic carbocycles. The summed E-state index contributed by atoms with van der Waals surface area (Å²) in [5.74, 6) is -5.45. The van der Waals surface area contributed by atoms with Crippen molar-refractivity contribution in [3.05, 3.63) is 24.8 Å². The number of aliphatic carboxylic acids is 2. The molecule has 0 aromatic heterocycles. The first-order chi connectivity index (χ1) is 8.50. The SMILES string of the molecule is C=CCC(C(=O)O)(C(CC(=C)C)C(=O)O)S(=O)(=O)O. The van der Waals surface area contributed by atoms with Crippen molar-refractivity contribution in [3.8, 4) is 0 Å². The Morgan fingerprint density at radius 1 is 1.37 bits per heavy atom. The maximum absolute atomic E-state index is 11.4. The lowest BCUT2D eigenvalue weighted by atomic mass is 9.84. The lowest BCUT2D eigenvalue weighted by Gasteiger charge is -2.31. The average Bonchev–Trinajstić information content (AvgIpc) is 2.20. The fourth-order valence-corrected chi connectivity index (χ4v) is 2.88. The molecule has 0 radical (unpaired) electrons. The molecule has 0 fully saturated rings. The molecule has 0 heterocycles. The number of allylic oxidation sites excluding steroid dienone is 2. The zero-order valence-corrected chi connectivity index (χ0v) is 11.2. The van der Waals surface area contributed by atoms with E-state index in [1.54, 1.807) is 0 Å². The Bertz CT molecular complexity index is 505. The summed E-state index contributed by atoms with van der Waals surface area (Å²) in [5, 5.41) is 18.2. The Morgan fingerprint density at radius 3 is 2.05 bits per heavy atom. The van der Waals surface area contributed by atoms with Crippen LogP contribution in [-0.2, 0) is 19.7 Å². The molecule has 2 unspecified atom stereocenters. The van der Waals surface area contributed by atoms with E-state index in [1.165, 1.54) is 6.92 Å². The molecule has 0 aromatic rings. The molecule has 7 nitrogen and oxygen atoms in total. The fraction of sp³-hybridized carbons (Fsp3) is 0.455. The minimum atomic E-state index is -5.17. The van der Waals surface area contributed by atoms with Gasteiger partial charge in [-0.15, -0.1) is 13.2 Å². The van der Waals surface area contributed by atoms with Gasteiger partial charge in [0.2, 0.25) is 4.75 Å². The summed E-state index contributed by atoms with van der Waals surface area (Å²) >= 11 is 0. The van der Waals surface area contributed by atoms with Crippen LogP contribution >= 0.6 is 0 Å². The van der Waals surface area contributed by atoms with E-state index in [0.29, 0.717) is 0 Å². The summed E-state index contributed by atoms with van der Waals surface area (Å²) in [5.41, 5.74) is 0.283. The third-order valence-electron chi connectivity index (χ3n) is 2.68. The highest BCUT2D eigenvalue weighted by Crippen LogP contribution is 2.35. The highest BCUT2D eigenvalue weighted by atomic mass is 32.2. The van der Waals surface area contributed by atoms with Gasteiger partial charge in [-0.2, -0.15) is 8.42 Å². The molecule has 0 amide bonds. The number of hydrogen-bond donors (Lipinski definition) is 3. The van der Waals surface area contributed by atoms with E-state index in [1.807, 2.05) is 0 Å². The van der Waals surface area contributed by atoms with E-state index in [9.17, 15) is 22.6 Å². The third kappa shape index (κ3) is 3.42. The molecule has 19 heavy (non-hydrogen) atoms. The lowest BCUT2D eigenvalue weighted by molar-refractivity contribution is -0.152. The summed E-state index contributed by atoms with van der Waals surface area (Å²) < 4.78 is 29.2. The topological polar surface area (TPSA) is 129 Å². The minimum Gasteiger partial charge on any atom is -0.481 e. The standard InChI is InChI=1S/C11H16O7S/c1-4-5-11(10(14)15,19(16,17)18)8(9(12)13)6-7(2)3/h4,8H,1-2,5-6H2,3H3,(H,12,13)(H,14,15)(H,16,17,18). The Morgan fingerprint density at radius 2 is 1.84 bits per heavy atom. The van der Waals surface area contributed by atoms with Crippen LogP contribution in [0.2, 0.25) is 0 Å². The van der Waals surface area contributed by atoms with Crippen LogP contribution in [0.4, 0.5) is 0 Å². The van der Waals surface area contributed by atoms with Gasteiger partial charge < -0.3 is 10.2 Å². The van der Waals surface area contributed by atoms with Crippen LogP contribution in [-0.4, -0.2) is 39.9 Å². The Labute approximate surface area is 111 Å².